The Balaban J connectivity index is 0.000000678. The van der Waals surface area contributed by atoms with Gasteiger partial charge in [0, 0.05) is 19.3 Å². The minimum atomic E-state index is -3.67. The van der Waals surface area contributed by atoms with Crippen LogP contribution in [0.5, 0.6) is 0 Å². The van der Waals surface area contributed by atoms with E-state index in [4.69, 9.17) is 0 Å². The molecule has 1 fully saturated rings. The van der Waals surface area contributed by atoms with Crippen molar-refractivity contribution in [2.75, 3.05) is 24.3 Å². The van der Waals surface area contributed by atoms with Crippen LogP contribution in [-0.2, 0) is 4.79 Å². The molecular formula is C24H32F3N5OS2. The normalized spacial score (nSPS) is 12.7. The molecule has 192 valence electrons. The molecule has 1 aliphatic heterocycles. The van der Waals surface area contributed by atoms with Crippen LogP contribution in [-0.4, -0.2) is 53.6 Å². The molecule has 0 spiro atoms. The van der Waals surface area contributed by atoms with Gasteiger partial charge in [-0.1, -0.05) is 6.07 Å². The number of rotatable bonds is 7. The number of halogens is 3. The van der Waals surface area contributed by atoms with Crippen LogP contribution in [0.25, 0.3) is 5.70 Å². The predicted octanol–water partition coefficient (Wildman–Crippen LogP) is 6.32. The van der Waals surface area contributed by atoms with Gasteiger partial charge in [0.2, 0.25) is 6.41 Å². The van der Waals surface area contributed by atoms with Crippen LogP contribution in [0.2, 0.25) is 0 Å². The number of hydrogen-bond donors (Lipinski definition) is 1. The van der Waals surface area contributed by atoms with Crippen LogP contribution in [0.3, 0.4) is 0 Å². The van der Waals surface area contributed by atoms with Crippen molar-refractivity contribution in [2.24, 2.45) is 4.99 Å². The number of hydrogen-bond acceptors (Lipinski definition) is 7. The topological polar surface area (TPSA) is 70.5 Å². The Morgan fingerprint density at radius 1 is 1.26 bits per heavy atom. The second-order valence-corrected chi connectivity index (χ2v) is 9.03. The summed E-state index contributed by atoms with van der Waals surface area (Å²) < 4.78 is 29.0. The molecule has 6 nitrogen and oxygen atoms in total. The average molecular weight is 528 g/mol. The Bertz CT molecular complexity index is 909. The number of nitrogens with one attached hydrogen (secondary N) is 1. The SMILES string of the molecule is C#C.C=N/C(=C\SCNc1ccc(C)cn1)c1sc(C)nc1C.FC(F)F.O=CN1CCCCC1. The molecule has 0 aliphatic carbocycles. The van der Waals surface area contributed by atoms with Crippen LogP contribution in [0.1, 0.15) is 40.4 Å². The zero-order valence-corrected chi connectivity index (χ0v) is 21.8. The number of thioether (sulfide) groups is 1. The second kappa shape index (κ2) is 19.5. The molecule has 0 bridgehead atoms. The fourth-order valence-corrected chi connectivity index (χ4v) is 4.40. The maximum atomic E-state index is 10.1. The van der Waals surface area contributed by atoms with Gasteiger partial charge in [0.15, 0.2) is 0 Å². The number of carbonyl (C=O) groups is 1. The molecule has 3 rings (SSSR count). The summed E-state index contributed by atoms with van der Waals surface area (Å²) in [6, 6.07) is 4.01. The smallest absolute Gasteiger partial charge is 0.361 e. The van der Waals surface area contributed by atoms with Crippen LogP contribution < -0.4 is 5.32 Å². The van der Waals surface area contributed by atoms with E-state index in [9.17, 15) is 18.0 Å². The molecule has 0 unspecified atom stereocenters. The van der Waals surface area contributed by atoms with E-state index in [2.05, 4.69) is 39.8 Å². The summed E-state index contributed by atoms with van der Waals surface area (Å²) in [5.41, 5.74) is 3.04. The van der Waals surface area contributed by atoms with E-state index in [0.29, 0.717) is 0 Å². The quantitative estimate of drug-likeness (QED) is 0.150. The lowest BCUT2D eigenvalue weighted by Crippen LogP contribution is -2.27. The molecule has 1 N–H and O–H groups in total. The average Bonchev–Trinajstić information content (AvgIpc) is 3.19. The number of piperidine rings is 1. The first kappa shape index (κ1) is 32.2. The highest BCUT2D eigenvalue weighted by molar-refractivity contribution is 8.02. The molecule has 0 aromatic carbocycles. The van der Waals surface area contributed by atoms with Gasteiger partial charge >= 0.3 is 6.68 Å². The van der Waals surface area contributed by atoms with E-state index >= 15 is 0 Å². The largest absolute Gasteiger partial charge is 0.379 e. The number of likely N-dealkylation sites (tertiary alicyclic amines) is 1. The van der Waals surface area contributed by atoms with E-state index in [1.807, 2.05) is 49.4 Å². The van der Waals surface area contributed by atoms with Gasteiger partial charge in [-0.05, 0) is 63.8 Å². The van der Waals surface area contributed by atoms with Crippen LogP contribution >= 0.6 is 23.1 Å². The fourth-order valence-electron chi connectivity index (χ4n) is 2.76. The molecule has 2 aromatic heterocycles. The van der Waals surface area contributed by atoms with E-state index in [1.54, 1.807) is 23.1 Å². The number of nitrogens with zero attached hydrogens (tertiary/aromatic N) is 4. The molecule has 0 radical (unpaired) electrons. The monoisotopic (exact) mass is 527 g/mol. The Kier molecular flexibility index (Phi) is 17.9. The summed E-state index contributed by atoms with van der Waals surface area (Å²) in [5.74, 6) is 1.60. The summed E-state index contributed by atoms with van der Waals surface area (Å²) in [5, 5.41) is 6.31. The Morgan fingerprint density at radius 3 is 2.31 bits per heavy atom. The fraction of sp³-hybridized carbons (Fsp3) is 0.417. The van der Waals surface area contributed by atoms with Gasteiger partial charge in [0.25, 0.3) is 0 Å². The molecule has 0 saturated carbocycles. The molecule has 11 heteroatoms. The van der Waals surface area contributed by atoms with Crippen molar-refractivity contribution in [2.45, 2.75) is 46.7 Å². The molecule has 1 aliphatic rings. The number of alkyl halides is 3. The first-order valence-corrected chi connectivity index (χ1v) is 12.5. The number of aliphatic imine (C=N–C) groups is 1. The number of anilines is 1. The van der Waals surface area contributed by atoms with E-state index in [1.165, 1.54) is 19.3 Å². The number of carbonyl (C=O) groups excluding carboxylic acids is 1. The maximum absolute atomic E-state index is 10.1. The number of amides is 1. The van der Waals surface area contributed by atoms with Crippen molar-refractivity contribution in [3.05, 3.63) is 44.9 Å². The van der Waals surface area contributed by atoms with Gasteiger partial charge in [-0.2, -0.15) is 13.2 Å². The van der Waals surface area contributed by atoms with Crippen molar-refractivity contribution in [3.63, 3.8) is 0 Å². The van der Waals surface area contributed by atoms with E-state index in [-0.39, 0.29) is 0 Å². The zero-order valence-electron chi connectivity index (χ0n) is 20.2. The summed E-state index contributed by atoms with van der Waals surface area (Å²) >= 11 is 3.27. The van der Waals surface area contributed by atoms with Crippen molar-refractivity contribution in [1.29, 1.82) is 0 Å². The van der Waals surface area contributed by atoms with Gasteiger partial charge in [-0.25, -0.2) is 9.97 Å². The van der Waals surface area contributed by atoms with E-state index in [0.717, 1.165) is 58.0 Å². The number of aromatic nitrogens is 2. The van der Waals surface area contributed by atoms with E-state index < -0.39 is 6.68 Å². The summed E-state index contributed by atoms with van der Waals surface area (Å²) in [4.78, 5) is 25.8. The van der Waals surface area contributed by atoms with Gasteiger partial charge in [0.05, 0.1) is 27.2 Å². The standard InChI is InChI=1S/C15H18N4S2.C6H11NO.C2H2.CHF3/c1-10-5-6-14(17-7-10)18-9-20-8-13(16-4)15-11(2)19-12(3)21-15;8-6-7-4-2-1-3-5-7;1-2;2-1(3)4/h5-8H,4,9H2,1-3H3,(H,17,18);6H,1-5H2;1-2H;1H/b13-8-;;;. The Morgan fingerprint density at radius 2 is 1.89 bits per heavy atom. The van der Waals surface area contributed by atoms with Gasteiger partial charge < -0.3 is 10.2 Å². The zero-order chi connectivity index (χ0) is 26.6. The summed E-state index contributed by atoms with van der Waals surface area (Å²) in [6.45, 7) is 7.95. The molecule has 3 heterocycles. The minimum Gasteiger partial charge on any atom is -0.361 e. The first-order valence-electron chi connectivity index (χ1n) is 10.6. The van der Waals surface area contributed by atoms with Gasteiger partial charge in [0.1, 0.15) is 5.82 Å². The predicted molar refractivity (Wildman–Crippen MR) is 143 cm³/mol. The number of thiazole rings is 1. The van der Waals surface area contributed by atoms with Gasteiger partial charge in [-0.15, -0.1) is 35.9 Å². The van der Waals surface area contributed by atoms with Crippen molar-refractivity contribution >= 4 is 47.7 Å². The lowest BCUT2D eigenvalue weighted by atomic mass is 10.1. The number of aryl methyl sites for hydroxylation is 3. The van der Waals surface area contributed by atoms with Crippen LogP contribution in [0.4, 0.5) is 19.0 Å². The second-order valence-electron chi connectivity index (χ2n) is 6.97. The van der Waals surface area contributed by atoms with Crippen molar-refractivity contribution in [3.8, 4) is 12.8 Å². The molecule has 1 saturated heterocycles. The first-order chi connectivity index (χ1) is 16.8. The van der Waals surface area contributed by atoms with Gasteiger partial charge in [-0.3, -0.25) is 9.79 Å². The highest BCUT2D eigenvalue weighted by atomic mass is 32.2. The molecule has 1 amide bonds. The third-order valence-electron chi connectivity index (χ3n) is 4.29. The number of terminal acetylenes is 1. The summed E-state index contributed by atoms with van der Waals surface area (Å²) in [7, 11) is 0. The molecule has 0 atom stereocenters. The van der Waals surface area contributed by atoms with Crippen LogP contribution in [0, 0.1) is 33.6 Å². The highest BCUT2D eigenvalue weighted by Crippen LogP contribution is 2.28. The third-order valence-corrected chi connectivity index (χ3v) is 6.09. The lowest BCUT2D eigenvalue weighted by molar-refractivity contribution is -0.118. The van der Waals surface area contributed by atoms with Crippen molar-refractivity contribution < 1.29 is 18.0 Å². The molecule has 35 heavy (non-hydrogen) atoms. The lowest BCUT2D eigenvalue weighted by Gasteiger charge is -2.21. The van der Waals surface area contributed by atoms with Crippen molar-refractivity contribution in [1.82, 2.24) is 14.9 Å². The third kappa shape index (κ3) is 14.9. The molecule has 2 aromatic rings. The minimum absolute atomic E-state index is 0.728. The Hall–Kier alpha value is -2.84. The van der Waals surface area contributed by atoms with Crippen LogP contribution in [0.15, 0.2) is 28.7 Å². The highest BCUT2D eigenvalue weighted by Gasteiger charge is 2.08. The maximum Gasteiger partial charge on any atom is 0.379 e. The number of pyridine rings is 1. The Labute approximate surface area is 214 Å². The molecular weight excluding hydrogens is 495 g/mol. The summed E-state index contributed by atoms with van der Waals surface area (Å²) in [6.07, 6.45) is 14.5.